The first-order chi connectivity index (χ1) is 15.1. The van der Waals surface area contributed by atoms with Gasteiger partial charge in [0.15, 0.2) is 17.3 Å². The number of carbonyl (C=O) groups excluding carboxylic acids is 1. The number of piperazine rings is 1. The van der Waals surface area contributed by atoms with Crippen molar-refractivity contribution in [2.45, 2.75) is 39.1 Å². The van der Waals surface area contributed by atoms with Crippen LogP contribution in [0.4, 0.5) is 0 Å². The molecule has 32 heavy (non-hydrogen) atoms. The largest absolute Gasteiger partial charge is 0.493 e. The van der Waals surface area contributed by atoms with E-state index < -0.39 is 10.0 Å². The van der Waals surface area contributed by atoms with Crippen LogP contribution in [0.25, 0.3) is 0 Å². The van der Waals surface area contributed by atoms with E-state index in [0.29, 0.717) is 44.2 Å². The lowest BCUT2D eigenvalue weighted by molar-refractivity contribution is 0.101. The molecule has 0 atom stereocenters. The molecule has 0 aliphatic carbocycles. The van der Waals surface area contributed by atoms with E-state index >= 15 is 0 Å². The number of sulfonamides is 1. The van der Waals surface area contributed by atoms with E-state index in [-0.39, 0.29) is 10.7 Å². The van der Waals surface area contributed by atoms with Gasteiger partial charge < -0.3 is 9.47 Å². The lowest BCUT2D eigenvalue weighted by Crippen LogP contribution is -2.48. The van der Waals surface area contributed by atoms with Gasteiger partial charge in [-0.15, -0.1) is 0 Å². The third-order valence-electron chi connectivity index (χ3n) is 6.19. The molecule has 0 bridgehead atoms. The van der Waals surface area contributed by atoms with Crippen molar-refractivity contribution in [2.24, 2.45) is 0 Å². The average Bonchev–Trinajstić information content (AvgIpc) is 2.76. The van der Waals surface area contributed by atoms with Crippen LogP contribution in [0.1, 0.15) is 39.5 Å². The van der Waals surface area contributed by atoms with Gasteiger partial charge in [0.2, 0.25) is 10.0 Å². The number of hydrogen-bond acceptors (Lipinski definition) is 6. The Labute approximate surface area is 191 Å². The molecule has 3 rings (SSSR count). The smallest absolute Gasteiger partial charge is 0.243 e. The predicted octanol–water partition coefficient (Wildman–Crippen LogP) is 3.34. The molecule has 0 N–H and O–H groups in total. The summed E-state index contributed by atoms with van der Waals surface area (Å²) in [5.41, 5.74) is 5.13. The fourth-order valence-corrected chi connectivity index (χ4v) is 5.93. The normalized spacial score (nSPS) is 15.6. The molecule has 0 saturated carbocycles. The maximum absolute atomic E-state index is 13.2. The first kappa shape index (κ1) is 24.2. The summed E-state index contributed by atoms with van der Waals surface area (Å²) in [6, 6.07) is 6.72. The quantitative estimate of drug-likeness (QED) is 0.590. The van der Waals surface area contributed by atoms with Crippen LogP contribution in [0, 0.1) is 20.8 Å². The van der Waals surface area contributed by atoms with Crippen molar-refractivity contribution in [3.8, 4) is 11.5 Å². The van der Waals surface area contributed by atoms with Crippen LogP contribution >= 0.6 is 0 Å². The Kier molecular flexibility index (Phi) is 7.27. The molecule has 0 spiro atoms. The number of ether oxygens (including phenoxy) is 2. The molecule has 1 aliphatic rings. The van der Waals surface area contributed by atoms with Crippen molar-refractivity contribution in [2.75, 3.05) is 40.4 Å². The van der Waals surface area contributed by atoms with Gasteiger partial charge in [0, 0.05) is 44.4 Å². The second-order valence-electron chi connectivity index (χ2n) is 8.24. The fraction of sp³-hybridized carbons (Fsp3) is 0.458. The molecule has 2 aromatic carbocycles. The van der Waals surface area contributed by atoms with Crippen LogP contribution in [0.2, 0.25) is 0 Å². The second-order valence-corrected chi connectivity index (χ2v) is 10.2. The van der Waals surface area contributed by atoms with Crippen LogP contribution < -0.4 is 9.47 Å². The van der Waals surface area contributed by atoms with Gasteiger partial charge >= 0.3 is 0 Å². The minimum absolute atomic E-state index is 0.0760. The number of aryl methyl sites for hydroxylation is 2. The summed E-state index contributed by atoms with van der Waals surface area (Å²) in [4.78, 5) is 14.6. The van der Waals surface area contributed by atoms with E-state index in [4.69, 9.17) is 9.47 Å². The number of Topliss-reactive ketones (excluding diaryl/α,β-unsaturated/α-hetero) is 1. The van der Waals surface area contributed by atoms with E-state index in [0.717, 1.165) is 27.8 Å². The summed E-state index contributed by atoms with van der Waals surface area (Å²) >= 11 is 0. The molecule has 1 aliphatic heterocycles. The van der Waals surface area contributed by atoms with Crippen molar-refractivity contribution in [3.05, 3.63) is 52.1 Å². The first-order valence-corrected chi connectivity index (χ1v) is 12.1. The van der Waals surface area contributed by atoms with Gasteiger partial charge in [0.05, 0.1) is 19.1 Å². The number of rotatable bonds is 7. The maximum Gasteiger partial charge on any atom is 0.243 e. The molecular formula is C24H32N2O5S. The average molecular weight is 461 g/mol. The molecule has 1 saturated heterocycles. The zero-order chi connectivity index (χ0) is 23.6. The Bertz CT molecular complexity index is 1120. The molecule has 7 nitrogen and oxygen atoms in total. The Balaban J connectivity index is 1.75. The van der Waals surface area contributed by atoms with Gasteiger partial charge in [-0.2, -0.15) is 4.31 Å². The van der Waals surface area contributed by atoms with E-state index in [2.05, 4.69) is 17.9 Å². The molecule has 0 amide bonds. The summed E-state index contributed by atoms with van der Waals surface area (Å²) in [6.45, 7) is 10.4. The SMILES string of the molecule is COc1ccc(S(=O)(=O)N2CCN(Cc3c(C)cc(C)c(C(C)=O)c3C)CC2)cc1OC. The summed E-state index contributed by atoms with van der Waals surface area (Å²) < 4.78 is 38.3. The van der Waals surface area contributed by atoms with Crippen LogP contribution in [-0.2, 0) is 16.6 Å². The van der Waals surface area contributed by atoms with Crippen LogP contribution in [0.15, 0.2) is 29.2 Å². The molecule has 0 radical (unpaired) electrons. The molecule has 0 unspecified atom stereocenters. The van der Waals surface area contributed by atoms with Crippen molar-refractivity contribution in [1.29, 1.82) is 0 Å². The Morgan fingerprint density at radius 2 is 1.56 bits per heavy atom. The Hall–Kier alpha value is -2.42. The summed E-state index contributed by atoms with van der Waals surface area (Å²) in [5, 5.41) is 0. The summed E-state index contributed by atoms with van der Waals surface area (Å²) in [6.07, 6.45) is 0. The maximum atomic E-state index is 13.2. The number of nitrogens with zero attached hydrogens (tertiary/aromatic N) is 2. The van der Waals surface area contributed by atoms with Gasteiger partial charge in [-0.3, -0.25) is 9.69 Å². The van der Waals surface area contributed by atoms with Crippen LogP contribution in [0.5, 0.6) is 11.5 Å². The summed E-state index contributed by atoms with van der Waals surface area (Å²) in [5.74, 6) is 0.955. The Morgan fingerprint density at radius 1 is 0.938 bits per heavy atom. The van der Waals surface area contributed by atoms with E-state index in [1.165, 1.54) is 24.6 Å². The molecule has 0 aromatic heterocycles. The number of benzene rings is 2. The molecule has 1 heterocycles. The standard InChI is InChI=1S/C24H32N2O5S/c1-16-13-17(2)24(19(4)27)18(3)21(16)15-25-9-11-26(12-10-25)32(28,29)20-7-8-22(30-5)23(14-20)31-6/h7-8,13-14H,9-12,15H2,1-6H3. The molecule has 1 fully saturated rings. The van der Waals surface area contributed by atoms with Gasteiger partial charge in [-0.25, -0.2) is 8.42 Å². The van der Waals surface area contributed by atoms with Gasteiger partial charge in [-0.1, -0.05) is 6.07 Å². The Morgan fingerprint density at radius 3 is 2.12 bits per heavy atom. The second kappa shape index (κ2) is 9.60. The number of hydrogen-bond donors (Lipinski definition) is 0. The van der Waals surface area contributed by atoms with Crippen molar-refractivity contribution in [3.63, 3.8) is 0 Å². The molecule has 2 aromatic rings. The zero-order valence-corrected chi connectivity index (χ0v) is 20.5. The lowest BCUT2D eigenvalue weighted by Gasteiger charge is -2.34. The number of ketones is 1. The number of methoxy groups -OCH3 is 2. The highest BCUT2D eigenvalue weighted by Gasteiger charge is 2.30. The molecular weight excluding hydrogens is 428 g/mol. The van der Waals surface area contributed by atoms with E-state index in [1.54, 1.807) is 19.1 Å². The topological polar surface area (TPSA) is 76.2 Å². The minimum Gasteiger partial charge on any atom is -0.493 e. The van der Waals surface area contributed by atoms with Gasteiger partial charge in [-0.05, 0) is 62.1 Å². The van der Waals surface area contributed by atoms with Gasteiger partial charge in [0.1, 0.15) is 0 Å². The molecule has 8 heteroatoms. The van der Waals surface area contributed by atoms with E-state index in [1.807, 2.05) is 13.8 Å². The minimum atomic E-state index is -3.63. The van der Waals surface area contributed by atoms with Crippen molar-refractivity contribution < 1.29 is 22.7 Å². The van der Waals surface area contributed by atoms with Crippen molar-refractivity contribution >= 4 is 15.8 Å². The number of carbonyl (C=O) groups is 1. The van der Waals surface area contributed by atoms with Crippen LogP contribution in [-0.4, -0.2) is 63.8 Å². The monoisotopic (exact) mass is 460 g/mol. The highest BCUT2D eigenvalue weighted by atomic mass is 32.2. The highest BCUT2D eigenvalue weighted by molar-refractivity contribution is 7.89. The first-order valence-electron chi connectivity index (χ1n) is 10.6. The zero-order valence-electron chi connectivity index (χ0n) is 19.7. The third-order valence-corrected chi connectivity index (χ3v) is 8.08. The van der Waals surface area contributed by atoms with Crippen molar-refractivity contribution in [1.82, 2.24) is 9.21 Å². The van der Waals surface area contributed by atoms with Gasteiger partial charge in [0.25, 0.3) is 0 Å². The third kappa shape index (κ3) is 4.67. The molecule has 174 valence electrons. The predicted molar refractivity (Wildman–Crippen MR) is 124 cm³/mol. The van der Waals surface area contributed by atoms with E-state index in [9.17, 15) is 13.2 Å². The highest BCUT2D eigenvalue weighted by Crippen LogP contribution is 2.31. The lowest BCUT2D eigenvalue weighted by atomic mass is 9.91. The summed E-state index contributed by atoms with van der Waals surface area (Å²) in [7, 11) is -0.628. The fourth-order valence-electron chi connectivity index (χ4n) is 4.49. The van der Waals surface area contributed by atoms with Crippen LogP contribution in [0.3, 0.4) is 0 Å².